The van der Waals surface area contributed by atoms with E-state index in [1.807, 2.05) is 0 Å². The van der Waals surface area contributed by atoms with Crippen molar-refractivity contribution in [2.24, 2.45) is 0 Å². The molecular formula is C14H17F2NO5S. The van der Waals surface area contributed by atoms with E-state index in [1.54, 1.807) is 0 Å². The summed E-state index contributed by atoms with van der Waals surface area (Å²) in [5.74, 6) is -4.43. The molecule has 1 aromatic carbocycles. The van der Waals surface area contributed by atoms with Crippen LogP contribution >= 0.6 is 0 Å². The highest BCUT2D eigenvalue weighted by molar-refractivity contribution is 7.89. The fraction of sp³-hybridized carbons (Fsp3) is 0.500. The molecule has 128 valence electrons. The summed E-state index contributed by atoms with van der Waals surface area (Å²) in [5, 5.41) is 8.78. The van der Waals surface area contributed by atoms with Gasteiger partial charge in [0.15, 0.2) is 0 Å². The highest BCUT2D eigenvalue weighted by Crippen LogP contribution is 2.34. The molecule has 1 unspecified atom stereocenters. The van der Waals surface area contributed by atoms with Crippen molar-refractivity contribution in [3.63, 3.8) is 0 Å². The van der Waals surface area contributed by atoms with Crippen LogP contribution < -0.4 is 0 Å². The van der Waals surface area contributed by atoms with Gasteiger partial charge in [-0.3, -0.25) is 4.79 Å². The molecule has 1 aromatic rings. The quantitative estimate of drug-likeness (QED) is 0.874. The molecule has 1 atom stereocenters. The molecular weight excluding hydrogens is 332 g/mol. The number of hydrogen-bond acceptors (Lipinski definition) is 4. The molecule has 0 bridgehead atoms. The summed E-state index contributed by atoms with van der Waals surface area (Å²) in [6.07, 6.45) is -1.15. The van der Waals surface area contributed by atoms with Gasteiger partial charge in [0, 0.05) is 25.6 Å². The van der Waals surface area contributed by atoms with Crippen LogP contribution in [0.2, 0.25) is 0 Å². The number of halogens is 2. The monoisotopic (exact) mass is 349 g/mol. The predicted molar refractivity (Wildman–Crippen MR) is 76.8 cm³/mol. The van der Waals surface area contributed by atoms with Crippen LogP contribution in [0.3, 0.4) is 0 Å². The van der Waals surface area contributed by atoms with Gasteiger partial charge in [0.25, 0.3) is 5.92 Å². The first-order valence-electron chi connectivity index (χ1n) is 6.93. The number of hydrogen-bond donors (Lipinski definition) is 1. The van der Waals surface area contributed by atoms with Crippen LogP contribution in [0.25, 0.3) is 0 Å². The van der Waals surface area contributed by atoms with Crippen molar-refractivity contribution in [1.29, 1.82) is 0 Å². The van der Waals surface area contributed by atoms with Gasteiger partial charge < -0.3 is 9.84 Å². The van der Waals surface area contributed by atoms with E-state index in [4.69, 9.17) is 9.84 Å². The second kappa shape index (κ2) is 6.50. The summed E-state index contributed by atoms with van der Waals surface area (Å²) in [7, 11) is -4.16. The van der Waals surface area contributed by atoms with Crippen LogP contribution in [-0.4, -0.2) is 49.6 Å². The number of carboxylic acid groups (broad SMARTS) is 1. The second-order valence-electron chi connectivity index (χ2n) is 5.34. The van der Waals surface area contributed by atoms with E-state index in [0.29, 0.717) is 6.92 Å². The Hall–Kier alpha value is -1.58. The molecule has 0 radical (unpaired) electrons. The van der Waals surface area contributed by atoms with Gasteiger partial charge in [0.2, 0.25) is 10.0 Å². The van der Waals surface area contributed by atoms with Crippen molar-refractivity contribution in [2.45, 2.75) is 30.3 Å². The van der Waals surface area contributed by atoms with E-state index in [2.05, 4.69) is 0 Å². The Morgan fingerprint density at radius 1 is 1.43 bits per heavy atom. The maximum atomic E-state index is 13.7. The van der Waals surface area contributed by atoms with E-state index in [1.165, 1.54) is 12.1 Å². The molecule has 0 saturated carbocycles. The van der Waals surface area contributed by atoms with Gasteiger partial charge in [0.1, 0.15) is 0 Å². The van der Waals surface area contributed by atoms with Crippen molar-refractivity contribution >= 4 is 16.0 Å². The van der Waals surface area contributed by atoms with Gasteiger partial charge >= 0.3 is 5.97 Å². The predicted octanol–water partition coefficient (Wildman–Crippen LogP) is 1.66. The van der Waals surface area contributed by atoms with E-state index in [-0.39, 0.29) is 26.1 Å². The SMILES string of the molecule is CC(F)(F)c1ccccc1S(=O)(=O)N1CCOC(CC(=O)O)C1. The number of benzene rings is 1. The largest absolute Gasteiger partial charge is 0.481 e. The van der Waals surface area contributed by atoms with Crippen molar-refractivity contribution < 1.29 is 31.8 Å². The van der Waals surface area contributed by atoms with Crippen LogP contribution in [0, 0.1) is 0 Å². The third-order valence-electron chi connectivity index (χ3n) is 3.48. The maximum absolute atomic E-state index is 13.7. The molecule has 0 aromatic heterocycles. The minimum atomic E-state index is -4.16. The van der Waals surface area contributed by atoms with E-state index >= 15 is 0 Å². The minimum absolute atomic E-state index is 0.0118. The summed E-state index contributed by atoms with van der Waals surface area (Å²) in [6.45, 7) is 0.454. The van der Waals surface area contributed by atoms with Crippen molar-refractivity contribution in [2.75, 3.05) is 19.7 Å². The molecule has 2 rings (SSSR count). The molecule has 1 aliphatic rings. The average molecular weight is 349 g/mol. The summed E-state index contributed by atoms with van der Waals surface area (Å²) in [4.78, 5) is 10.3. The Balaban J connectivity index is 2.34. The highest BCUT2D eigenvalue weighted by Gasteiger charge is 2.37. The topological polar surface area (TPSA) is 83.9 Å². The summed E-state index contributed by atoms with van der Waals surface area (Å²) in [5.41, 5.74) is -0.582. The highest BCUT2D eigenvalue weighted by atomic mass is 32.2. The first-order chi connectivity index (χ1) is 10.6. The maximum Gasteiger partial charge on any atom is 0.306 e. The summed E-state index contributed by atoms with van der Waals surface area (Å²) >= 11 is 0. The molecule has 1 heterocycles. The lowest BCUT2D eigenvalue weighted by Gasteiger charge is -2.32. The van der Waals surface area contributed by atoms with Crippen molar-refractivity contribution in [3.8, 4) is 0 Å². The van der Waals surface area contributed by atoms with Crippen molar-refractivity contribution in [3.05, 3.63) is 29.8 Å². The van der Waals surface area contributed by atoms with Crippen molar-refractivity contribution in [1.82, 2.24) is 4.31 Å². The van der Waals surface area contributed by atoms with E-state index < -0.39 is 38.5 Å². The molecule has 1 aliphatic heterocycles. The van der Waals surface area contributed by atoms with Crippen LogP contribution in [0.1, 0.15) is 18.9 Å². The number of rotatable bonds is 5. The molecule has 9 heteroatoms. The Morgan fingerprint density at radius 2 is 2.09 bits per heavy atom. The Morgan fingerprint density at radius 3 is 2.70 bits per heavy atom. The van der Waals surface area contributed by atoms with Crippen LogP contribution in [-0.2, 0) is 25.5 Å². The van der Waals surface area contributed by atoms with Gasteiger partial charge in [-0.05, 0) is 6.07 Å². The zero-order chi connectivity index (χ0) is 17.3. The summed E-state index contributed by atoms with van der Waals surface area (Å²) in [6, 6.07) is 4.92. The lowest BCUT2D eigenvalue weighted by atomic mass is 10.1. The molecule has 0 amide bonds. The lowest BCUT2D eigenvalue weighted by molar-refractivity contribution is -0.141. The average Bonchev–Trinajstić information content (AvgIpc) is 2.46. The fourth-order valence-electron chi connectivity index (χ4n) is 2.42. The van der Waals surface area contributed by atoms with Crippen LogP contribution in [0.4, 0.5) is 8.78 Å². The molecule has 1 fully saturated rings. The molecule has 0 spiro atoms. The molecule has 1 saturated heterocycles. The number of aliphatic carboxylic acids is 1. The summed E-state index contributed by atoms with van der Waals surface area (Å²) < 4.78 is 58.9. The van der Waals surface area contributed by atoms with Gasteiger partial charge in [-0.25, -0.2) is 17.2 Å². The van der Waals surface area contributed by atoms with E-state index in [9.17, 15) is 22.0 Å². The number of ether oxygens (including phenoxy) is 1. The molecule has 6 nitrogen and oxygen atoms in total. The van der Waals surface area contributed by atoms with E-state index in [0.717, 1.165) is 16.4 Å². The Kier molecular flexibility index (Phi) is 5.02. The minimum Gasteiger partial charge on any atom is -0.481 e. The number of alkyl halides is 2. The van der Waals surface area contributed by atoms with Gasteiger partial charge in [-0.2, -0.15) is 4.31 Å². The Bertz CT molecular complexity index is 687. The standard InChI is InChI=1S/C14H17F2NO5S/c1-14(15,16)11-4-2-3-5-12(11)23(20,21)17-6-7-22-10(9-17)8-13(18)19/h2-5,10H,6-9H2,1H3,(H,18,19). The third kappa shape index (κ3) is 4.04. The number of sulfonamides is 1. The first-order valence-corrected chi connectivity index (χ1v) is 8.37. The first kappa shape index (κ1) is 17.8. The fourth-order valence-corrected chi connectivity index (χ4v) is 4.15. The van der Waals surface area contributed by atoms with Crippen LogP contribution in [0.15, 0.2) is 29.2 Å². The van der Waals surface area contributed by atoms with Gasteiger partial charge in [0.05, 0.1) is 24.0 Å². The smallest absolute Gasteiger partial charge is 0.306 e. The molecule has 1 N–H and O–H groups in total. The van der Waals surface area contributed by atoms with Crippen LogP contribution in [0.5, 0.6) is 0 Å². The normalized spacial score (nSPS) is 20.4. The third-order valence-corrected chi connectivity index (χ3v) is 5.40. The van der Waals surface area contributed by atoms with Gasteiger partial charge in [-0.1, -0.05) is 18.2 Å². The number of nitrogens with zero attached hydrogens (tertiary/aromatic N) is 1. The lowest BCUT2D eigenvalue weighted by Crippen LogP contribution is -2.46. The second-order valence-corrected chi connectivity index (χ2v) is 7.24. The molecule has 0 aliphatic carbocycles. The van der Waals surface area contributed by atoms with Gasteiger partial charge in [-0.15, -0.1) is 0 Å². The Labute approximate surface area is 132 Å². The zero-order valence-corrected chi connectivity index (χ0v) is 13.2. The zero-order valence-electron chi connectivity index (χ0n) is 12.4. The number of carboxylic acids is 1. The number of morpholine rings is 1. The number of carbonyl (C=O) groups is 1. The molecule has 23 heavy (non-hydrogen) atoms.